The van der Waals surface area contributed by atoms with E-state index in [9.17, 15) is 8.42 Å². The van der Waals surface area contributed by atoms with Crippen molar-refractivity contribution in [3.05, 3.63) is 29.8 Å². The maximum atomic E-state index is 11.9. The fourth-order valence-electron chi connectivity index (χ4n) is 1.23. The van der Waals surface area contributed by atoms with E-state index in [0.29, 0.717) is 6.54 Å². The first-order valence-corrected chi connectivity index (χ1v) is 7.01. The van der Waals surface area contributed by atoms with Crippen LogP contribution in [0, 0.1) is 6.92 Å². The van der Waals surface area contributed by atoms with Crippen LogP contribution in [-0.2, 0) is 10.0 Å². The van der Waals surface area contributed by atoms with Gasteiger partial charge in [0, 0.05) is 6.54 Å². The van der Waals surface area contributed by atoms with Gasteiger partial charge in [-0.3, -0.25) is 0 Å². The van der Waals surface area contributed by atoms with E-state index in [-0.39, 0.29) is 4.90 Å². The second-order valence-electron chi connectivity index (χ2n) is 3.68. The maximum absolute atomic E-state index is 11.9. The summed E-state index contributed by atoms with van der Waals surface area (Å²) < 4.78 is 24.8. The Labute approximate surface area is 102 Å². The number of benzene rings is 1. The molecular weight excluding hydrogens is 246 g/mol. The van der Waals surface area contributed by atoms with Crippen molar-refractivity contribution >= 4 is 21.8 Å². The Morgan fingerprint density at radius 3 is 2.31 bits per heavy atom. The van der Waals surface area contributed by atoms with Crippen LogP contribution in [0.5, 0.6) is 0 Å². The van der Waals surface area contributed by atoms with Gasteiger partial charge in [0.25, 0.3) is 10.0 Å². The van der Waals surface area contributed by atoms with Crippen LogP contribution in [0.15, 0.2) is 29.2 Å². The van der Waals surface area contributed by atoms with E-state index in [2.05, 4.69) is 0 Å². The van der Waals surface area contributed by atoms with Crippen molar-refractivity contribution in [3.8, 4) is 0 Å². The summed E-state index contributed by atoms with van der Waals surface area (Å²) >= 11 is 5.77. The Kier molecular flexibility index (Phi) is 4.77. The lowest BCUT2D eigenvalue weighted by molar-refractivity contribution is 0.526. The maximum Gasteiger partial charge on any atom is 0.256 e. The van der Waals surface area contributed by atoms with E-state index in [0.717, 1.165) is 22.2 Å². The van der Waals surface area contributed by atoms with Gasteiger partial charge in [0.05, 0.1) is 4.90 Å². The first kappa shape index (κ1) is 13.5. The molecule has 0 amide bonds. The minimum Gasteiger partial charge on any atom is -0.206 e. The summed E-state index contributed by atoms with van der Waals surface area (Å²) in [5.74, 6) is 0. The summed E-state index contributed by atoms with van der Waals surface area (Å²) in [6, 6.07) is 6.67. The molecule has 0 aliphatic rings. The van der Waals surface area contributed by atoms with Crippen LogP contribution in [0.25, 0.3) is 0 Å². The quantitative estimate of drug-likeness (QED) is 0.765. The summed E-state index contributed by atoms with van der Waals surface area (Å²) in [5.41, 5.74) is 1.02. The highest BCUT2D eigenvalue weighted by molar-refractivity contribution is 7.90. The summed E-state index contributed by atoms with van der Waals surface area (Å²) in [6.45, 7) is 4.24. The van der Waals surface area contributed by atoms with Crippen LogP contribution in [0.3, 0.4) is 0 Å². The molecule has 0 heterocycles. The van der Waals surface area contributed by atoms with Crippen molar-refractivity contribution in [2.75, 3.05) is 6.54 Å². The molecular formula is C11H16ClNO2S. The number of halogens is 1. The van der Waals surface area contributed by atoms with Gasteiger partial charge in [-0.25, -0.2) is 8.42 Å². The minimum atomic E-state index is -3.53. The molecule has 0 unspecified atom stereocenters. The molecule has 1 aromatic rings. The van der Waals surface area contributed by atoms with E-state index < -0.39 is 10.0 Å². The Morgan fingerprint density at radius 1 is 1.25 bits per heavy atom. The summed E-state index contributed by atoms with van der Waals surface area (Å²) in [6.07, 6.45) is 1.67. The van der Waals surface area contributed by atoms with Crippen molar-refractivity contribution in [2.24, 2.45) is 0 Å². The van der Waals surface area contributed by atoms with E-state index >= 15 is 0 Å². The van der Waals surface area contributed by atoms with Gasteiger partial charge in [0.2, 0.25) is 0 Å². The van der Waals surface area contributed by atoms with Gasteiger partial charge in [0.15, 0.2) is 0 Å². The Morgan fingerprint density at radius 2 is 1.81 bits per heavy atom. The van der Waals surface area contributed by atoms with Crippen LogP contribution in [0.1, 0.15) is 25.3 Å². The molecule has 0 aromatic heterocycles. The molecule has 0 aliphatic carbocycles. The highest BCUT2D eigenvalue weighted by atomic mass is 35.5. The van der Waals surface area contributed by atoms with Gasteiger partial charge in [-0.2, -0.15) is 0 Å². The zero-order valence-corrected chi connectivity index (χ0v) is 11.1. The van der Waals surface area contributed by atoms with E-state index in [1.807, 2.05) is 13.8 Å². The smallest absolute Gasteiger partial charge is 0.206 e. The fourth-order valence-corrected chi connectivity index (χ4v) is 2.66. The van der Waals surface area contributed by atoms with Crippen molar-refractivity contribution in [3.63, 3.8) is 0 Å². The Balaban J connectivity index is 2.89. The van der Waals surface area contributed by atoms with Gasteiger partial charge < -0.3 is 0 Å². The highest BCUT2D eigenvalue weighted by Crippen LogP contribution is 2.18. The molecule has 0 saturated carbocycles. The third kappa shape index (κ3) is 3.20. The lowest BCUT2D eigenvalue weighted by Crippen LogP contribution is -2.22. The Hall–Kier alpha value is -0.580. The number of unbranched alkanes of at least 4 members (excludes halogenated alkanes) is 1. The molecule has 0 spiro atoms. The SMILES string of the molecule is CCCCN(Cl)S(=O)(=O)c1ccc(C)cc1. The number of aryl methyl sites for hydroxylation is 1. The van der Waals surface area contributed by atoms with Crippen LogP contribution in [0.2, 0.25) is 0 Å². The average molecular weight is 262 g/mol. The highest BCUT2D eigenvalue weighted by Gasteiger charge is 2.21. The first-order valence-electron chi connectivity index (χ1n) is 5.23. The summed E-state index contributed by atoms with van der Waals surface area (Å²) in [4.78, 5) is 0.240. The molecule has 3 nitrogen and oxygen atoms in total. The second kappa shape index (κ2) is 5.66. The number of nitrogens with zero attached hydrogens (tertiary/aromatic N) is 1. The van der Waals surface area contributed by atoms with Crippen LogP contribution in [-0.4, -0.2) is 18.8 Å². The van der Waals surface area contributed by atoms with E-state index in [4.69, 9.17) is 11.8 Å². The Bertz CT molecular complexity index is 428. The zero-order chi connectivity index (χ0) is 12.2. The standard InChI is InChI=1S/C11H16ClNO2S/c1-3-4-9-13(12)16(14,15)11-7-5-10(2)6-8-11/h5-8H,3-4,9H2,1-2H3. The molecule has 0 N–H and O–H groups in total. The van der Waals surface area contributed by atoms with Gasteiger partial charge in [0.1, 0.15) is 0 Å². The molecule has 5 heteroatoms. The lowest BCUT2D eigenvalue weighted by Gasteiger charge is -2.13. The predicted octanol–water partition coefficient (Wildman–Crippen LogP) is 2.94. The van der Waals surface area contributed by atoms with Crippen molar-refractivity contribution in [1.82, 2.24) is 3.82 Å². The van der Waals surface area contributed by atoms with Crippen LogP contribution in [0.4, 0.5) is 0 Å². The normalized spacial score (nSPS) is 12.0. The largest absolute Gasteiger partial charge is 0.256 e. The van der Waals surface area contributed by atoms with Crippen LogP contribution < -0.4 is 0 Å². The van der Waals surface area contributed by atoms with Crippen molar-refractivity contribution in [1.29, 1.82) is 0 Å². The topological polar surface area (TPSA) is 37.4 Å². The van der Waals surface area contributed by atoms with E-state index in [1.165, 1.54) is 0 Å². The van der Waals surface area contributed by atoms with Gasteiger partial charge >= 0.3 is 0 Å². The number of hydrogen-bond donors (Lipinski definition) is 0. The minimum absolute atomic E-state index is 0.240. The fraction of sp³-hybridized carbons (Fsp3) is 0.455. The van der Waals surface area contributed by atoms with Crippen LogP contribution >= 0.6 is 11.8 Å². The number of rotatable bonds is 5. The summed E-state index contributed by atoms with van der Waals surface area (Å²) in [7, 11) is -3.53. The molecule has 0 fully saturated rings. The molecule has 1 rings (SSSR count). The third-order valence-corrected chi connectivity index (χ3v) is 4.55. The lowest BCUT2D eigenvalue weighted by atomic mass is 10.2. The van der Waals surface area contributed by atoms with Gasteiger partial charge in [-0.05, 0) is 37.3 Å². The van der Waals surface area contributed by atoms with Crippen molar-refractivity contribution < 1.29 is 8.42 Å². The van der Waals surface area contributed by atoms with Gasteiger partial charge in [-0.1, -0.05) is 31.0 Å². The molecule has 0 bridgehead atoms. The molecule has 0 atom stereocenters. The first-order chi connectivity index (χ1) is 7.48. The molecule has 0 saturated heterocycles. The van der Waals surface area contributed by atoms with Crippen molar-refractivity contribution in [2.45, 2.75) is 31.6 Å². The second-order valence-corrected chi connectivity index (χ2v) is 6.15. The molecule has 0 aliphatic heterocycles. The molecule has 16 heavy (non-hydrogen) atoms. The zero-order valence-electron chi connectivity index (χ0n) is 9.48. The third-order valence-electron chi connectivity index (χ3n) is 2.27. The van der Waals surface area contributed by atoms with Gasteiger partial charge in [-0.15, -0.1) is 3.82 Å². The molecule has 1 aromatic carbocycles. The summed E-state index contributed by atoms with van der Waals surface area (Å²) in [5, 5.41) is 0. The average Bonchev–Trinajstić information content (AvgIpc) is 2.26. The predicted molar refractivity (Wildman–Crippen MR) is 65.8 cm³/mol. The molecule has 90 valence electrons. The van der Waals surface area contributed by atoms with E-state index in [1.54, 1.807) is 24.3 Å². The number of hydrogen-bond acceptors (Lipinski definition) is 2. The number of sulfonamides is 1. The monoisotopic (exact) mass is 261 g/mol. The molecule has 0 radical (unpaired) electrons.